The van der Waals surface area contributed by atoms with Gasteiger partial charge in [-0.15, -0.1) is 8.78 Å². The summed E-state index contributed by atoms with van der Waals surface area (Å²) in [7, 11) is 0. The second kappa shape index (κ2) is 7.75. The molecule has 1 saturated carbocycles. The van der Waals surface area contributed by atoms with Crippen molar-refractivity contribution >= 4 is 18.0 Å². The van der Waals surface area contributed by atoms with Crippen molar-refractivity contribution in [1.82, 2.24) is 9.55 Å². The van der Waals surface area contributed by atoms with Gasteiger partial charge in [0.25, 0.3) is 5.56 Å². The molecule has 0 bridgehead atoms. The largest absolute Gasteiger partial charge is 0.586 e. The molecule has 10 heteroatoms. The minimum absolute atomic E-state index is 0.0405. The van der Waals surface area contributed by atoms with Gasteiger partial charge >= 0.3 is 6.29 Å². The van der Waals surface area contributed by atoms with Gasteiger partial charge in [-0.2, -0.15) is 0 Å². The van der Waals surface area contributed by atoms with E-state index in [1.807, 2.05) is 6.92 Å². The highest BCUT2D eigenvalue weighted by Gasteiger charge is 2.53. The molecule has 1 aromatic carbocycles. The van der Waals surface area contributed by atoms with E-state index in [2.05, 4.69) is 19.8 Å². The Hall–Kier alpha value is -4.08. The number of alkyl halides is 2. The van der Waals surface area contributed by atoms with E-state index in [9.17, 15) is 23.2 Å². The van der Waals surface area contributed by atoms with Crippen molar-refractivity contribution in [3.05, 3.63) is 70.1 Å². The van der Waals surface area contributed by atoms with Crippen LogP contribution in [0.25, 0.3) is 11.3 Å². The lowest BCUT2D eigenvalue weighted by Gasteiger charge is -2.17. The number of anilines is 1. The third kappa shape index (κ3) is 3.81. The van der Waals surface area contributed by atoms with Gasteiger partial charge in [-0.1, -0.05) is 12.1 Å². The summed E-state index contributed by atoms with van der Waals surface area (Å²) in [6.45, 7) is 1.79. The number of fused-ring (bicyclic) bond motifs is 1. The minimum Gasteiger partial charge on any atom is -0.395 e. The maximum Gasteiger partial charge on any atom is 0.586 e. The number of rotatable bonds is 6. The lowest BCUT2D eigenvalue weighted by atomic mass is 9.94. The highest BCUT2D eigenvalue weighted by molar-refractivity contribution is 6.01. The molecule has 0 spiro atoms. The average molecular weight is 467 g/mol. The third-order valence-electron chi connectivity index (χ3n) is 6.02. The number of nitrogens with zero attached hydrogens (tertiary/aromatic N) is 2. The first-order valence-corrected chi connectivity index (χ1v) is 10.5. The number of aryl methyl sites for hydroxylation is 1. The van der Waals surface area contributed by atoms with E-state index in [1.54, 1.807) is 24.3 Å². The highest BCUT2D eigenvalue weighted by Crippen LogP contribution is 2.52. The summed E-state index contributed by atoms with van der Waals surface area (Å²) >= 11 is 0. The van der Waals surface area contributed by atoms with Gasteiger partial charge in [0.1, 0.15) is 12.1 Å². The minimum atomic E-state index is -3.73. The molecule has 3 heterocycles. The highest BCUT2D eigenvalue weighted by atomic mass is 19.3. The maximum absolute atomic E-state index is 13.4. The fourth-order valence-electron chi connectivity index (χ4n) is 4.03. The Labute approximate surface area is 192 Å². The van der Waals surface area contributed by atoms with Crippen LogP contribution < -0.4 is 20.3 Å². The summed E-state index contributed by atoms with van der Waals surface area (Å²) in [5.74, 6) is -0.213. The molecule has 1 fully saturated rings. The van der Waals surface area contributed by atoms with Crippen LogP contribution in [0.15, 0.2) is 53.5 Å². The van der Waals surface area contributed by atoms with Crippen molar-refractivity contribution in [2.24, 2.45) is 0 Å². The molecule has 34 heavy (non-hydrogen) atoms. The Morgan fingerprint density at radius 2 is 1.91 bits per heavy atom. The number of aldehydes is 1. The molecule has 5 rings (SSSR count). The van der Waals surface area contributed by atoms with Crippen LogP contribution in [0.4, 0.5) is 14.6 Å². The van der Waals surface area contributed by atoms with Crippen LogP contribution in [0.3, 0.4) is 0 Å². The Morgan fingerprint density at radius 1 is 1.15 bits per heavy atom. The van der Waals surface area contributed by atoms with Gasteiger partial charge < -0.3 is 24.2 Å². The number of hydrogen-bond donors (Lipinski definition) is 1. The van der Waals surface area contributed by atoms with E-state index < -0.39 is 11.7 Å². The zero-order valence-electron chi connectivity index (χ0n) is 18.0. The first-order valence-electron chi connectivity index (χ1n) is 10.5. The van der Waals surface area contributed by atoms with Gasteiger partial charge in [0.15, 0.2) is 11.5 Å². The number of hydrogen-bond acceptors (Lipinski definition) is 6. The van der Waals surface area contributed by atoms with Gasteiger partial charge in [-0.05, 0) is 55.2 Å². The summed E-state index contributed by atoms with van der Waals surface area (Å²) in [5.41, 5.74) is 1.20. The average Bonchev–Trinajstić information content (AvgIpc) is 3.54. The van der Waals surface area contributed by atoms with Crippen molar-refractivity contribution in [2.75, 3.05) is 5.32 Å². The van der Waals surface area contributed by atoms with Crippen LogP contribution in [0, 0.1) is 6.92 Å². The zero-order valence-corrected chi connectivity index (χ0v) is 18.0. The van der Waals surface area contributed by atoms with Gasteiger partial charge in [-0.25, -0.2) is 4.98 Å². The van der Waals surface area contributed by atoms with E-state index >= 15 is 0 Å². The molecule has 8 nitrogen and oxygen atoms in total. The lowest BCUT2D eigenvalue weighted by molar-refractivity contribution is -0.286. The Balaban J connectivity index is 1.39. The van der Waals surface area contributed by atoms with E-state index in [4.69, 9.17) is 0 Å². The molecule has 1 N–H and O–H groups in total. The third-order valence-corrected chi connectivity index (χ3v) is 6.02. The topological polar surface area (TPSA) is 99.5 Å². The molecule has 3 aromatic rings. The monoisotopic (exact) mass is 467 g/mol. The number of nitrogens with one attached hydrogen (secondary N) is 1. The molecule has 0 atom stereocenters. The molecule has 1 aliphatic heterocycles. The normalized spacial score (nSPS) is 16.7. The van der Waals surface area contributed by atoms with Crippen LogP contribution in [0.2, 0.25) is 0 Å². The first-order chi connectivity index (χ1) is 16.2. The van der Waals surface area contributed by atoms with Crippen molar-refractivity contribution in [2.45, 2.75) is 38.0 Å². The van der Waals surface area contributed by atoms with E-state index in [1.165, 1.54) is 29.0 Å². The van der Waals surface area contributed by atoms with Gasteiger partial charge in [0.2, 0.25) is 5.91 Å². The van der Waals surface area contributed by atoms with Gasteiger partial charge in [-0.3, -0.25) is 9.59 Å². The van der Waals surface area contributed by atoms with Crippen LogP contribution in [-0.2, 0) is 21.5 Å². The molecular weight excluding hydrogens is 448 g/mol. The number of benzene rings is 1. The molecule has 1 aliphatic carbocycles. The first kappa shape index (κ1) is 21.7. The fourth-order valence-corrected chi connectivity index (χ4v) is 4.03. The van der Waals surface area contributed by atoms with Crippen LogP contribution >= 0.6 is 0 Å². The molecule has 0 saturated heterocycles. The van der Waals surface area contributed by atoms with Crippen LogP contribution in [-0.4, -0.2) is 28.0 Å². The number of ether oxygens (including phenoxy) is 2. The van der Waals surface area contributed by atoms with Crippen LogP contribution in [0.1, 0.15) is 24.0 Å². The summed E-state index contributed by atoms with van der Waals surface area (Å²) < 4.78 is 36.9. The maximum atomic E-state index is 13.4. The number of aromatic nitrogens is 2. The Kier molecular flexibility index (Phi) is 4.96. The molecule has 2 aromatic heterocycles. The molecule has 1 amide bonds. The molecule has 2 aliphatic rings. The Morgan fingerprint density at radius 3 is 2.62 bits per heavy atom. The second-order valence-corrected chi connectivity index (χ2v) is 8.30. The quantitative estimate of drug-likeness (QED) is 0.558. The molecule has 0 unspecified atom stereocenters. The van der Waals surface area contributed by atoms with E-state index in [0.29, 0.717) is 41.8 Å². The SMILES string of the molecule is Cc1ccc(NC(=O)C2(c3ccc4c(c3)OC(F)(F)O4)CC2)nc1-c1ccn(CC=O)c(=O)c1. The number of carbonyl (C=O) groups excluding carboxylic acids is 2. The molecular formula is C24H19F2N3O5. The number of carbonyl (C=O) groups is 2. The zero-order chi connectivity index (χ0) is 24.1. The van der Waals surface area contributed by atoms with Crippen LogP contribution in [0.5, 0.6) is 11.5 Å². The summed E-state index contributed by atoms with van der Waals surface area (Å²) in [6.07, 6.45) is -0.484. The second-order valence-electron chi connectivity index (χ2n) is 8.30. The van der Waals surface area contributed by atoms with Crippen molar-refractivity contribution in [3.63, 3.8) is 0 Å². The molecule has 174 valence electrons. The summed E-state index contributed by atoms with van der Waals surface area (Å²) in [6, 6.07) is 10.8. The standard InChI is InChI=1S/C24H19F2N3O5/c1-14-2-5-19(27-21(14)15-6-9-29(10-11-30)20(31)12-15)28-22(32)23(7-8-23)16-3-4-17-18(13-16)34-24(25,26)33-17/h2-6,9,11-13H,7-8,10H2,1H3,(H,27,28,32). The van der Waals surface area contributed by atoms with E-state index in [-0.39, 0.29) is 29.5 Å². The fraction of sp³-hybridized carbons (Fsp3) is 0.250. The smallest absolute Gasteiger partial charge is 0.395 e. The van der Waals surface area contributed by atoms with Crippen molar-refractivity contribution in [1.29, 1.82) is 0 Å². The van der Waals surface area contributed by atoms with Gasteiger partial charge in [0, 0.05) is 17.8 Å². The summed E-state index contributed by atoms with van der Waals surface area (Å²) in [5, 5.41) is 2.81. The van der Waals surface area contributed by atoms with Crippen molar-refractivity contribution in [3.8, 4) is 22.8 Å². The van der Waals surface area contributed by atoms with Gasteiger partial charge in [0.05, 0.1) is 17.7 Å². The Bertz CT molecular complexity index is 1380. The molecule has 0 radical (unpaired) electrons. The summed E-state index contributed by atoms with van der Waals surface area (Å²) in [4.78, 5) is 40.6. The number of pyridine rings is 2. The number of amides is 1. The number of halogens is 2. The lowest BCUT2D eigenvalue weighted by Crippen LogP contribution is -2.28. The predicted octanol–water partition coefficient (Wildman–Crippen LogP) is 3.41. The van der Waals surface area contributed by atoms with E-state index in [0.717, 1.165) is 5.56 Å². The van der Waals surface area contributed by atoms with Crippen molar-refractivity contribution < 1.29 is 27.8 Å². The predicted molar refractivity (Wildman–Crippen MR) is 117 cm³/mol.